The van der Waals surface area contributed by atoms with Crippen LogP contribution in [0.3, 0.4) is 0 Å². The summed E-state index contributed by atoms with van der Waals surface area (Å²) < 4.78 is 0. The van der Waals surface area contributed by atoms with Gasteiger partial charge < -0.3 is 42.8 Å². The molecule has 1 aliphatic carbocycles. The van der Waals surface area contributed by atoms with Gasteiger partial charge in [-0.15, -0.1) is 0 Å². The lowest BCUT2D eigenvalue weighted by molar-refractivity contribution is 0.0641. The van der Waals surface area contributed by atoms with Crippen molar-refractivity contribution in [3.63, 3.8) is 0 Å². The normalized spacial score (nSPS) is 16.6. The number of nitrogens with one attached hydrogen (secondary N) is 3. The average molecular weight is 484 g/mol. The van der Waals surface area contributed by atoms with Crippen LogP contribution in [0.2, 0.25) is 0 Å². The van der Waals surface area contributed by atoms with Crippen LogP contribution in [-0.2, 0) is 4.84 Å². The first-order valence-corrected chi connectivity index (χ1v) is 12.5. The standard InChI is InChI=1S/C23H31N5O.C3H10N2O/c24-20-14-21(29)19(13-18(20)22(25)15-5-1-2-6-15)23(26)27-16-7-9-17(10-8-16)28-11-3-4-12-28;1-5-6-3-2-4/h7-10,13-15,23,25,27,29H,1-6,11-12,24,26H2;5H,2-4H2,1H3. The quantitative estimate of drug-likeness (QED) is 0.0940. The summed E-state index contributed by atoms with van der Waals surface area (Å²) in [5, 5.41) is 22.3. The van der Waals surface area contributed by atoms with Gasteiger partial charge in [-0.1, -0.05) is 12.8 Å². The van der Waals surface area contributed by atoms with E-state index >= 15 is 0 Å². The fourth-order valence-electron chi connectivity index (χ4n) is 4.70. The van der Waals surface area contributed by atoms with Crippen molar-refractivity contribution in [1.82, 2.24) is 5.48 Å². The molecular formula is C26H41N7O2. The van der Waals surface area contributed by atoms with Crippen LogP contribution in [-0.4, -0.2) is 44.1 Å². The molecule has 0 spiro atoms. The number of aromatic hydroxyl groups is 1. The molecule has 192 valence electrons. The molecule has 0 bridgehead atoms. The topological polar surface area (TPSA) is 159 Å². The molecule has 35 heavy (non-hydrogen) atoms. The van der Waals surface area contributed by atoms with Crippen LogP contribution in [0.15, 0.2) is 36.4 Å². The molecule has 0 radical (unpaired) electrons. The monoisotopic (exact) mass is 483 g/mol. The predicted octanol–water partition coefficient (Wildman–Crippen LogP) is 3.30. The SMILES string of the molecule is CNOCCN.N=C(c1cc(C(N)Nc2ccc(N3CCCC3)cc2)c(O)cc1N)C1CCCC1. The van der Waals surface area contributed by atoms with Gasteiger partial charge >= 0.3 is 0 Å². The van der Waals surface area contributed by atoms with E-state index in [4.69, 9.17) is 22.6 Å². The van der Waals surface area contributed by atoms with Crippen LogP contribution < -0.4 is 32.9 Å². The highest BCUT2D eigenvalue weighted by Crippen LogP contribution is 2.34. The number of hydrogen-bond donors (Lipinski definition) is 7. The predicted molar refractivity (Wildman–Crippen MR) is 144 cm³/mol. The van der Waals surface area contributed by atoms with E-state index in [1.807, 2.05) is 12.1 Å². The number of nitrogen functional groups attached to an aromatic ring is 1. The van der Waals surface area contributed by atoms with Crippen LogP contribution in [0.25, 0.3) is 0 Å². The van der Waals surface area contributed by atoms with Gasteiger partial charge in [-0.05, 0) is 56.0 Å². The van der Waals surface area contributed by atoms with E-state index in [2.05, 4.69) is 32.7 Å². The van der Waals surface area contributed by atoms with Crippen LogP contribution in [0.4, 0.5) is 17.1 Å². The van der Waals surface area contributed by atoms with Gasteiger partial charge in [0, 0.05) is 72.6 Å². The Morgan fingerprint density at radius 2 is 1.80 bits per heavy atom. The molecule has 1 saturated carbocycles. The second-order valence-electron chi connectivity index (χ2n) is 9.10. The summed E-state index contributed by atoms with van der Waals surface area (Å²) in [5.41, 5.74) is 24.4. The first kappa shape index (κ1) is 26.7. The van der Waals surface area contributed by atoms with Gasteiger partial charge in [-0.3, -0.25) is 0 Å². The van der Waals surface area contributed by atoms with Crippen molar-refractivity contribution in [2.45, 2.75) is 44.7 Å². The number of phenolic OH excluding ortho intramolecular Hbond substituents is 1. The summed E-state index contributed by atoms with van der Waals surface area (Å²) in [6, 6.07) is 11.5. The number of rotatable bonds is 9. The zero-order valence-corrected chi connectivity index (χ0v) is 20.7. The highest BCUT2D eigenvalue weighted by atomic mass is 16.6. The van der Waals surface area contributed by atoms with Gasteiger partial charge in [-0.25, -0.2) is 5.48 Å². The van der Waals surface area contributed by atoms with Crippen molar-refractivity contribution >= 4 is 22.8 Å². The smallest absolute Gasteiger partial charge is 0.124 e. The van der Waals surface area contributed by atoms with Crippen LogP contribution in [0, 0.1) is 11.3 Å². The summed E-state index contributed by atoms with van der Waals surface area (Å²) in [7, 11) is 1.70. The van der Waals surface area contributed by atoms with Gasteiger partial charge in [-0.2, -0.15) is 0 Å². The largest absolute Gasteiger partial charge is 0.507 e. The molecule has 9 heteroatoms. The molecule has 1 heterocycles. The molecule has 4 rings (SSSR count). The lowest BCUT2D eigenvalue weighted by Crippen LogP contribution is -2.22. The Balaban J connectivity index is 0.000000509. The zero-order chi connectivity index (χ0) is 25.2. The number of anilines is 3. The Labute approximate surface area is 208 Å². The number of hydrogen-bond acceptors (Lipinski definition) is 9. The van der Waals surface area contributed by atoms with E-state index in [1.165, 1.54) is 24.6 Å². The third kappa shape index (κ3) is 7.32. The van der Waals surface area contributed by atoms with Crippen molar-refractivity contribution in [2.24, 2.45) is 17.4 Å². The summed E-state index contributed by atoms with van der Waals surface area (Å²) in [6.45, 7) is 3.37. The molecule has 1 aliphatic heterocycles. The highest BCUT2D eigenvalue weighted by Gasteiger charge is 2.24. The van der Waals surface area contributed by atoms with Crippen molar-refractivity contribution in [3.8, 4) is 5.75 Å². The minimum Gasteiger partial charge on any atom is -0.507 e. The Kier molecular flexibility index (Phi) is 10.2. The summed E-state index contributed by atoms with van der Waals surface area (Å²) in [4.78, 5) is 6.99. The molecule has 0 aromatic heterocycles. The molecule has 10 N–H and O–H groups in total. The summed E-state index contributed by atoms with van der Waals surface area (Å²) >= 11 is 0. The lowest BCUT2D eigenvalue weighted by atomic mass is 9.92. The number of benzene rings is 2. The van der Waals surface area contributed by atoms with E-state index in [0.29, 0.717) is 35.7 Å². The zero-order valence-electron chi connectivity index (χ0n) is 20.7. The molecule has 2 aromatic rings. The highest BCUT2D eigenvalue weighted by molar-refractivity contribution is 6.04. The Bertz CT molecular complexity index is 935. The lowest BCUT2D eigenvalue weighted by Gasteiger charge is -2.21. The van der Waals surface area contributed by atoms with E-state index < -0.39 is 6.17 Å². The molecule has 2 fully saturated rings. The minimum atomic E-state index is -0.594. The third-order valence-corrected chi connectivity index (χ3v) is 6.61. The number of phenols is 1. The van der Waals surface area contributed by atoms with Gasteiger partial charge in [0.1, 0.15) is 11.9 Å². The molecular weight excluding hydrogens is 442 g/mol. The Hall–Kier alpha value is -2.85. The van der Waals surface area contributed by atoms with Gasteiger partial charge in [0.15, 0.2) is 0 Å². The van der Waals surface area contributed by atoms with Crippen molar-refractivity contribution in [2.75, 3.05) is 49.2 Å². The number of nitrogens with two attached hydrogens (primary N) is 3. The van der Waals surface area contributed by atoms with Crippen molar-refractivity contribution < 1.29 is 9.94 Å². The minimum absolute atomic E-state index is 0.0548. The maximum Gasteiger partial charge on any atom is 0.124 e. The van der Waals surface area contributed by atoms with E-state index in [9.17, 15) is 5.11 Å². The third-order valence-electron chi connectivity index (χ3n) is 6.61. The van der Waals surface area contributed by atoms with E-state index in [1.54, 1.807) is 13.1 Å². The first-order valence-electron chi connectivity index (χ1n) is 12.5. The fraction of sp³-hybridized carbons (Fsp3) is 0.500. The van der Waals surface area contributed by atoms with Crippen molar-refractivity contribution in [3.05, 3.63) is 47.5 Å². The van der Waals surface area contributed by atoms with E-state index in [0.717, 1.165) is 44.5 Å². The molecule has 9 nitrogen and oxygen atoms in total. The van der Waals surface area contributed by atoms with Gasteiger partial charge in [0.05, 0.1) is 6.61 Å². The second kappa shape index (κ2) is 13.3. The maximum atomic E-state index is 10.4. The maximum absolute atomic E-state index is 10.4. The average Bonchev–Trinajstić information content (AvgIpc) is 3.58. The van der Waals surface area contributed by atoms with Crippen LogP contribution in [0.1, 0.15) is 55.8 Å². The molecule has 1 unspecified atom stereocenters. The van der Waals surface area contributed by atoms with Crippen LogP contribution >= 0.6 is 0 Å². The Morgan fingerprint density at radius 3 is 2.37 bits per heavy atom. The first-order chi connectivity index (χ1) is 16.9. The molecule has 1 saturated heterocycles. The van der Waals surface area contributed by atoms with Crippen LogP contribution in [0.5, 0.6) is 5.75 Å². The number of hydroxylamine groups is 1. The summed E-state index contributed by atoms with van der Waals surface area (Å²) in [5.74, 6) is 0.302. The van der Waals surface area contributed by atoms with Crippen molar-refractivity contribution in [1.29, 1.82) is 5.41 Å². The molecule has 0 amide bonds. The number of nitrogens with zero attached hydrogens (tertiary/aromatic N) is 1. The molecule has 1 atom stereocenters. The fourth-order valence-corrected chi connectivity index (χ4v) is 4.70. The molecule has 2 aliphatic rings. The van der Waals surface area contributed by atoms with Gasteiger partial charge in [0.25, 0.3) is 0 Å². The molecule has 2 aromatic carbocycles. The Morgan fingerprint density at radius 1 is 1.14 bits per heavy atom. The van der Waals surface area contributed by atoms with E-state index in [-0.39, 0.29) is 11.7 Å². The van der Waals surface area contributed by atoms with Gasteiger partial charge in [0.2, 0.25) is 0 Å². The second-order valence-corrected chi connectivity index (χ2v) is 9.10. The summed E-state index contributed by atoms with van der Waals surface area (Å²) in [6.07, 6.45) is 6.28.